The molecule has 0 spiro atoms. The topological polar surface area (TPSA) is 35.5 Å². The van der Waals surface area contributed by atoms with Crippen LogP contribution >= 0.6 is 0 Å². The quantitative estimate of drug-likeness (QED) is 0.676. The molecular weight excluding hydrogens is 204 g/mol. The first-order valence-electron chi connectivity index (χ1n) is 6.13. The summed E-state index contributed by atoms with van der Waals surface area (Å²) in [6, 6.07) is 0. The molecule has 0 radical (unpaired) electrons. The fourth-order valence-corrected chi connectivity index (χ4v) is 3.70. The van der Waals surface area contributed by atoms with Crippen molar-refractivity contribution < 1.29 is 14.3 Å². The smallest absolute Gasteiger partial charge is 0.157 e. The van der Waals surface area contributed by atoms with Crippen LogP contribution in [0.15, 0.2) is 0 Å². The SMILES string of the molecule is COC(CC12CCC(C(C)=O)(CC1)C2)OC. The van der Waals surface area contributed by atoms with E-state index >= 15 is 0 Å². The van der Waals surface area contributed by atoms with E-state index in [1.54, 1.807) is 21.1 Å². The van der Waals surface area contributed by atoms with Gasteiger partial charge in [0, 0.05) is 26.1 Å². The molecule has 0 saturated heterocycles. The molecule has 2 fully saturated rings. The van der Waals surface area contributed by atoms with Gasteiger partial charge in [0.15, 0.2) is 6.29 Å². The van der Waals surface area contributed by atoms with Crippen molar-refractivity contribution in [2.45, 2.75) is 51.7 Å². The van der Waals surface area contributed by atoms with Crippen molar-refractivity contribution in [3.63, 3.8) is 0 Å². The molecule has 2 bridgehead atoms. The van der Waals surface area contributed by atoms with Crippen LogP contribution in [0.4, 0.5) is 0 Å². The highest BCUT2D eigenvalue weighted by molar-refractivity contribution is 5.83. The van der Waals surface area contributed by atoms with Crippen LogP contribution in [0.3, 0.4) is 0 Å². The number of carbonyl (C=O) groups excluding carboxylic acids is 1. The summed E-state index contributed by atoms with van der Waals surface area (Å²) in [4.78, 5) is 11.7. The Morgan fingerprint density at radius 2 is 1.75 bits per heavy atom. The second kappa shape index (κ2) is 4.11. The summed E-state index contributed by atoms with van der Waals surface area (Å²) in [6.45, 7) is 1.76. The van der Waals surface area contributed by atoms with Gasteiger partial charge in [-0.05, 0) is 44.4 Å². The summed E-state index contributed by atoms with van der Waals surface area (Å²) >= 11 is 0. The molecule has 0 aromatic carbocycles. The zero-order chi connectivity index (χ0) is 11.8. The number of rotatable bonds is 5. The Hall–Kier alpha value is -0.410. The minimum absolute atomic E-state index is 0.00598. The molecule has 0 amide bonds. The van der Waals surface area contributed by atoms with Crippen molar-refractivity contribution in [1.82, 2.24) is 0 Å². The van der Waals surface area contributed by atoms with E-state index in [0.29, 0.717) is 11.2 Å². The van der Waals surface area contributed by atoms with Crippen LogP contribution in [0.25, 0.3) is 0 Å². The molecule has 0 aliphatic heterocycles. The predicted molar refractivity (Wildman–Crippen MR) is 61.1 cm³/mol. The zero-order valence-electron chi connectivity index (χ0n) is 10.5. The minimum atomic E-state index is -0.110. The molecule has 0 aromatic heterocycles. The number of hydrogen-bond donors (Lipinski definition) is 0. The monoisotopic (exact) mass is 226 g/mol. The number of carbonyl (C=O) groups is 1. The summed E-state index contributed by atoms with van der Waals surface area (Å²) in [5.41, 5.74) is 0.314. The van der Waals surface area contributed by atoms with E-state index in [4.69, 9.17) is 9.47 Å². The van der Waals surface area contributed by atoms with E-state index in [0.717, 1.165) is 38.5 Å². The Kier molecular flexibility index (Phi) is 3.10. The number of ether oxygens (including phenoxy) is 2. The third-order valence-electron chi connectivity index (χ3n) is 4.85. The highest BCUT2D eigenvalue weighted by atomic mass is 16.7. The Labute approximate surface area is 97.5 Å². The maximum atomic E-state index is 11.7. The first kappa shape index (κ1) is 12.1. The van der Waals surface area contributed by atoms with E-state index < -0.39 is 0 Å². The van der Waals surface area contributed by atoms with Crippen molar-refractivity contribution in [2.24, 2.45) is 10.8 Å². The lowest BCUT2D eigenvalue weighted by Crippen LogP contribution is -2.25. The van der Waals surface area contributed by atoms with E-state index in [-0.39, 0.29) is 11.7 Å². The first-order valence-corrected chi connectivity index (χ1v) is 6.13. The summed E-state index contributed by atoms with van der Waals surface area (Å²) < 4.78 is 10.6. The lowest BCUT2D eigenvalue weighted by molar-refractivity contribution is -0.127. The van der Waals surface area contributed by atoms with E-state index in [2.05, 4.69) is 0 Å². The molecule has 2 aliphatic carbocycles. The van der Waals surface area contributed by atoms with Crippen molar-refractivity contribution in [2.75, 3.05) is 14.2 Å². The van der Waals surface area contributed by atoms with Gasteiger partial charge in [0.2, 0.25) is 0 Å². The van der Waals surface area contributed by atoms with Crippen LogP contribution in [-0.4, -0.2) is 26.3 Å². The normalized spacial score (nSPS) is 37.2. The molecule has 2 aliphatic rings. The number of ketones is 1. The average Bonchev–Trinajstić information content (AvgIpc) is 2.83. The second-order valence-electron chi connectivity index (χ2n) is 5.62. The predicted octanol–water partition coefficient (Wildman–Crippen LogP) is 2.53. The second-order valence-corrected chi connectivity index (χ2v) is 5.62. The standard InChI is InChI=1S/C13H22O3/c1-10(14)13-6-4-12(9-13,5-7-13)8-11(15-2)16-3/h11H,4-9H2,1-3H3. The summed E-state index contributed by atoms with van der Waals surface area (Å²) in [6.07, 6.45) is 6.35. The third kappa shape index (κ3) is 1.80. The van der Waals surface area contributed by atoms with Gasteiger partial charge in [-0.1, -0.05) is 0 Å². The van der Waals surface area contributed by atoms with Gasteiger partial charge in [-0.15, -0.1) is 0 Å². The summed E-state index contributed by atoms with van der Waals surface area (Å²) in [5, 5.41) is 0. The molecular formula is C13H22O3. The average molecular weight is 226 g/mol. The maximum Gasteiger partial charge on any atom is 0.157 e. The fourth-order valence-electron chi connectivity index (χ4n) is 3.70. The molecule has 92 valence electrons. The van der Waals surface area contributed by atoms with Crippen LogP contribution in [0.2, 0.25) is 0 Å². The number of fused-ring (bicyclic) bond motifs is 2. The fraction of sp³-hybridized carbons (Fsp3) is 0.923. The summed E-state index contributed by atoms with van der Waals surface area (Å²) in [7, 11) is 3.37. The van der Waals surface area contributed by atoms with Gasteiger partial charge in [0.1, 0.15) is 5.78 Å². The van der Waals surface area contributed by atoms with Crippen molar-refractivity contribution >= 4 is 5.78 Å². The summed E-state index contributed by atoms with van der Waals surface area (Å²) in [5.74, 6) is 0.387. The molecule has 2 rings (SSSR count). The van der Waals surface area contributed by atoms with E-state index in [9.17, 15) is 4.79 Å². The first-order chi connectivity index (χ1) is 7.56. The molecule has 0 N–H and O–H groups in total. The molecule has 0 aromatic rings. The van der Waals surface area contributed by atoms with Gasteiger partial charge in [0.25, 0.3) is 0 Å². The Morgan fingerprint density at radius 1 is 1.19 bits per heavy atom. The van der Waals surface area contributed by atoms with Crippen LogP contribution in [0, 0.1) is 10.8 Å². The van der Waals surface area contributed by atoms with Crippen molar-refractivity contribution in [3.05, 3.63) is 0 Å². The van der Waals surface area contributed by atoms with Gasteiger partial charge in [-0.25, -0.2) is 0 Å². The molecule has 3 nitrogen and oxygen atoms in total. The van der Waals surface area contributed by atoms with Crippen LogP contribution in [0.1, 0.15) is 45.4 Å². The number of methoxy groups -OCH3 is 2. The van der Waals surface area contributed by atoms with Crippen LogP contribution in [-0.2, 0) is 14.3 Å². The highest BCUT2D eigenvalue weighted by Crippen LogP contribution is 2.63. The minimum Gasteiger partial charge on any atom is -0.356 e. The molecule has 0 unspecified atom stereocenters. The molecule has 2 saturated carbocycles. The zero-order valence-corrected chi connectivity index (χ0v) is 10.5. The Balaban J connectivity index is 2.05. The van der Waals surface area contributed by atoms with Crippen molar-refractivity contribution in [3.8, 4) is 0 Å². The van der Waals surface area contributed by atoms with Gasteiger partial charge in [-0.2, -0.15) is 0 Å². The van der Waals surface area contributed by atoms with Crippen LogP contribution in [0.5, 0.6) is 0 Å². The largest absolute Gasteiger partial charge is 0.356 e. The lowest BCUT2D eigenvalue weighted by atomic mass is 9.79. The molecule has 0 heterocycles. The molecule has 3 heteroatoms. The third-order valence-corrected chi connectivity index (χ3v) is 4.85. The van der Waals surface area contributed by atoms with Gasteiger partial charge < -0.3 is 9.47 Å². The van der Waals surface area contributed by atoms with E-state index in [1.807, 2.05) is 0 Å². The van der Waals surface area contributed by atoms with Crippen molar-refractivity contribution in [1.29, 1.82) is 0 Å². The number of Topliss-reactive ketones (excluding diaryl/α,β-unsaturated/α-hetero) is 1. The van der Waals surface area contributed by atoms with E-state index in [1.165, 1.54) is 0 Å². The number of hydrogen-bond acceptors (Lipinski definition) is 3. The lowest BCUT2D eigenvalue weighted by Gasteiger charge is -2.29. The molecule has 16 heavy (non-hydrogen) atoms. The highest BCUT2D eigenvalue weighted by Gasteiger charge is 2.56. The maximum absolute atomic E-state index is 11.7. The van der Waals surface area contributed by atoms with Gasteiger partial charge in [0.05, 0.1) is 0 Å². The Bertz CT molecular complexity index is 273. The van der Waals surface area contributed by atoms with Crippen LogP contribution < -0.4 is 0 Å². The van der Waals surface area contributed by atoms with Gasteiger partial charge in [-0.3, -0.25) is 4.79 Å². The Morgan fingerprint density at radius 3 is 2.12 bits per heavy atom. The van der Waals surface area contributed by atoms with Gasteiger partial charge >= 0.3 is 0 Å². The molecule has 0 atom stereocenters.